The summed E-state index contributed by atoms with van der Waals surface area (Å²) in [5.41, 5.74) is 0.691. The van der Waals surface area contributed by atoms with Crippen molar-refractivity contribution in [3.8, 4) is 0 Å². The van der Waals surface area contributed by atoms with Gasteiger partial charge in [0, 0.05) is 3.57 Å². The Morgan fingerprint density at radius 3 is 2.57 bits per heavy atom. The number of anilines is 1. The van der Waals surface area contributed by atoms with Crippen LogP contribution in [0.1, 0.15) is 6.42 Å². The highest BCUT2D eigenvalue weighted by atomic mass is 127. The number of hydrogen-bond acceptors (Lipinski definition) is 2. The van der Waals surface area contributed by atoms with E-state index in [1.807, 2.05) is 12.1 Å². The molecule has 0 fully saturated rings. The minimum Gasteiger partial charge on any atom is -0.325 e. The highest BCUT2D eigenvalue weighted by molar-refractivity contribution is 14.1. The summed E-state index contributed by atoms with van der Waals surface area (Å²) in [6.07, 6.45) is -0.299. The van der Waals surface area contributed by atoms with Gasteiger partial charge in [-0.1, -0.05) is 12.1 Å². The van der Waals surface area contributed by atoms with Crippen molar-refractivity contribution in [2.24, 2.45) is 0 Å². The molecule has 1 aromatic carbocycles. The number of halogens is 2. The van der Waals surface area contributed by atoms with Gasteiger partial charge in [-0.2, -0.15) is 0 Å². The highest BCUT2D eigenvalue weighted by Gasteiger charge is 2.08. The molecule has 1 N–H and O–H groups in total. The molecule has 0 atom stereocenters. The van der Waals surface area contributed by atoms with Crippen LogP contribution in [0.3, 0.4) is 0 Å². The average molecular weight is 324 g/mol. The predicted molar refractivity (Wildman–Crippen MR) is 63.3 cm³/mol. The molecular weight excluding hydrogens is 316 g/mol. The van der Waals surface area contributed by atoms with Gasteiger partial charge in [0.2, 0.25) is 11.1 Å². The third-order valence-electron chi connectivity index (χ3n) is 1.45. The Hall–Kier alpha value is -0.620. The molecule has 3 nitrogen and oxygen atoms in total. The number of para-hydroxylation sites is 1. The Kier molecular flexibility index (Phi) is 4.34. The van der Waals surface area contributed by atoms with E-state index >= 15 is 0 Å². The number of carbonyl (C=O) groups excluding carboxylic acids is 2. The molecule has 0 unspecified atom stereocenters. The molecule has 0 aliphatic rings. The topological polar surface area (TPSA) is 46.2 Å². The standard InChI is InChI=1S/C9H7ClINO2/c10-8(13)5-9(14)12-7-4-2-1-3-6(7)11/h1-4H,5H2,(H,12,14). The Morgan fingerprint density at radius 2 is 2.00 bits per heavy atom. The van der Waals surface area contributed by atoms with Crippen LogP contribution in [0.15, 0.2) is 24.3 Å². The zero-order valence-corrected chi connectivity index (χ0v) is 10.0. The molecule has 14 heavy (non-hydrogen) atoms. The number of nitrogens with one attached hydrogen (secondary N) is 1. The van der Waals surface area contributed by atoms with Crippen molar-refractivity contribution in [3.05, 3.63) is 27.8 Å². The van der Waals surface area contributed by atoms with Crippen molar-refractivity contribution in [3.63, 3.8) is 0 Å². The number of carbonyl (C=O) groups is 2. The highest BCUT2D eigenvalue weighted by Crippen LogP contribution is 2.16. The smallest absolute Gasteiger partial charge is 0.233 e. The Balaban J connectivity index is 2.65. The van der Waals surface area contributed by atoms with Gasteiger partial charge in [0.1, 0.15) is 6.42 Å². The minimum atomic E-state index is -0.659. The third kappa shape index (κ3) is 3.63. The zero-order valence-electron chi connectivity index (χ0n) is 7.09. The lowest BCUT2D eigenvalue weighted by atomic mass is 10.3. The fourth-order valence-electron chi connectivity index (χ4n) is 0.883. The fourth-order valence-corrected chi connectivity index (χ4v) is 1.53. The molecule has 1 aromatic rings. The van der Waals surface area contributed by atoms with Crippen LogP contribution in [0.25, 0.3) is 0 Å². The third-order valence-corrected chi connectivity index (χ3v) is 2.52. The summed E-state index contributed by atoms with van der Waals surface area (Å²) in [6.45, 7) is 0. The maximum Gasteiger partial charge on any atom is 0.233 e. The molecule has 0 spiro atoms. The molecule has 0 bridgehead atoms. The van der Waals surface area contributed by atoms with Crippen molar-refractivity contribution in [2.75, 3.05) is 5.32 Å². The Labute approximate surface area is 100.0 Å². The van der Waals surface area contributed by atoms with E-state index < -0.39 is 11.1 Å². The first-order chi connectivity index (χ1) is 6.59. The summed E-state index contributed by atoms with van der Waals surface area (Å²) in [6, 6.07) is 7.29. The number of amides is 1. The van der Waals surface area contributed by atoms with Crippen LogP contribution in [0.5, 0.6) is 0 Å². The van der Waals surface area contributed by atoms with E-state index in [1.54, 1.807) is 12.1 Å². The predicted octanol–water partition coefficient (Wildman–Crippen LogP) is 2.39. The van der Waals surface area contributed by atoms with Gasteiger partial charge in [-0.3, -0.25) is 9.59 Å². The first-order valence-electron chi connectivity index (χ1n) is 3.82. The minimum absolute atomic E-state index is 0.299. The largest absolute Gasteiger partial charge is 0.325 e. The van der Waals surface area contributed by atoms with Crippen LogP contribution in [0.2, 0.25) is 0 Å². The lowest BCUT2D eigenvalue weighted by Gasteiger charge is -2.04. The Bertz CT molecular complexity index is 368. The van der Waals surface area contributed by atoms with Crippen LogP contribution in [-0.2, 0) is 9.59 Å². The van der Waals surface area contributed by atoms with Gasteiger partial charge in [-0.15, -0.1) is 0 Å². The van der Waals surface area contributed by atoms with Crippen LogP contribution in [0.4, 0.5) is 5.69 Å². The van der Waals surface area contributed by atoms with Crippen LogP contribution >= 0.6 is 34.2 Å². The van der Waals surface area contributed by atoms with E-state index in [2.05, 4.69) is 27.9 Å². The first-order valence-corrected chi connectivity index (χ1v) is 5.28. The molecule has 74 valence electrons. The molecule has 0 aliphatic heterocycles. The lowest BCUT2D eigenvalue weighted by molar-refractivity contribution is -0.121. The zero-order chi connectivity index (χ0) is 10.6. The lowest BCUT2D eigenvalue weighted by Crippen LogP contribution is -2.14. The van der Waals surface area contributed by atoms with E-state index in [-0.39, 0.29) is 6.42 Å². The van der Waals surface area contributed by atoms with Crippen molar-refractivity contribution < 1.29 is 9.59 Å². The summed E-state index contributed by atoms with van der Waals surface area (Å²) in [4.78, 5) is 21.6. The van der Waals surface area contributed by atoms with Crippen LogP contribution in [0, 0.1) is 3.57 Å². The van der Waals surface area contributed by atoms with Crippen molar-refractivity contribution in [1.29, 1.82) is 0 Å². The number of rotatable bonds is 3. The fraction of sp³-hybridized carbons (Fsp3) is 0.111. The maximum absolute atomic E-state index is 11.2. The average Bonchev–Trinajstić information content (AvgIpc) is 2.07. The van der Waals surface area contributed by atoms with Gasteiger partial charge in [-0.25, -0.2) is 0 Å². The second-order valence-electron chi connectivity index (χ2n) is 2.56. The molecule has 0 radical (unpaired) electrons. The van der Waals surface area contributed by atoms with Crippen molar-refractivity contribution in [1.82, 2.24) is 0 Å². The van der Waals surface area contributed by atoms with E-state index in [1.165, 1.54) is 0 Å². The molecular formula is C9H7ClINO2. The normalized spacial score (nSPS) is 9.57. The number of benzene rings is 1. The molecule has 0 heterocycles. The first kappa shape index (κ1) is 11.5. The molecule has 0 saturated heterocycles. The second-order valence-corrected chi connectivity index (χ2v) is 4.14. The van der Waals surface area contributed by atoms with Crippen molar-refractivity contribution in [2.45, 2.75) is 6.42 Å². The number of hydrogen-bond donors (Lipinski definition) is 1. The molecule has 0 saturated carbocycles. The SMILES string of the molecule is O=C(Cl)CC(=O)Nc1ccccc1I. The second kappa shape index (κ2) is 5.31. The van der Waals surface area contributed by atoms with E-state index in [9.17, 15) is 9.59 Å². The summed E-state index contributed by atoms with van der Waals surface area (Å²) in [7, 11) is 0. The maximum atomic E-state index is 11.2. The molecule has 1 rings (SSSR count). The summed E-state index contributed by atoms with van der Waals surface area (Å²) >= 11 is 7.17. The van der Waals surface area contributed by atoms with Gasteiger partial charge in [0.25, 0.3) is 0 Å². The Morgan fingerprint density at radius 1 is 1.36 bits per heavy atom. The van der Waals surface area contributed by atoms with Crippen LogP contribution < -0.4 is 5.32 Å². The molecule has 0 aromatic heterocycles. The summed E-state index contributed by atoms with van der Waals surface area (Å²) in [5.74, 6) is -0.394. The molecule has 0 aliphatic carbocycles. The molecule has 1 amide bonds. The summed E-state index contributed by atoms with van der Waals surface area (Å²) in [5, 5.41) is 1.93. The van der Waals surface area contributed by atoms with E-state index in [0.717, 1.165) is 3.57 Å². The van der Waals surface area contributed by atoms with Gasteiger partial charge < -0.3 is 5.32 Å². The van der Waals surface area contributed by atoms with Gasteiger partial charge >= 0.3 is 0 Å². The summed E-state index contributed by atoms with van der Waals surface area (Å²) < 4.78 is 0.917. The van der Waals surface area contributed by atoms with Gasteiger partial charge in [-0.05, 0) is 46.3 Å². The molecule has 5 heteroatoms. The van der Waals surface area contributed by atoms with Gasteiger partial charge in [0.15, 0.2) is 0 Å². The van der Waals surface area contributed by atoms with E-state index in [4.69, 9.17) is 11.6 Å². The van der Waals surface area contributed by atoms with Gasteiger partial charge in [0.05, 0.1) is 5.69 Å². The quantitative estimate of drug-likeness (QED) is 0.527. The van der Waals surface area contributed by atoms with E-state index in [0.29, 0.717) is 5.69 Å². The van der Waals surface area contributed by atoms with Crippen LogP contribution in [-0.4, -0.2) is 11.1 Å². The monoisotopic (exact) mass is 323 g/mol. The van der Waals surface area contributed by atoms with Crippen molar-refractivity contribution >= 4 is 51.0 Å².